The van der Waals surface area contributed by atoms with Crippen LogP contribution in [0.1, 0.15) is 0 Å². The van der Waals surface area contributed by atoms with Gasteiger partial charge in [0.2, 0.25) is 0 Å². The molecule has 0 bridgehead atoms. The van der Waals surface area contributed by atoms with E-state index in [9.17, 15) is 4.39 Å². The molecule has 0 fully saturated rings. The van der Waals surface area contributed by atoms with E-state index < -0.39 is 6.04 Å². The molecule has 3 rings (SSSR count). The highest BCUT2D eigenvalue weighted by Crippen LogP contribution is 2.42. The van der Waals surface area contributed by atoms with Crippen molar-refractivity contribution in [2.24, 2.45) is 0 Å². The summed E-state index contributed by atoms with van der Waals surface area (Å²) in [5.41, 5.74) is 0. The Kier molecular flexibility index (Phi) is 4.44. The zero-order valence-electron chi connectivity index (χ0n) is 11.6. The van der Waals surface area contributed by atoms with Crippen molar-refractivity contribution in [1.82, 2.24) is 0 Å². The second kappa shape index (κ2) is 6.34. The third-order valence-corrected chi connectivity index (χ3v) is 8.73. The van der Waals surface area contributed by atoms with Crippen molar-refractivity contribution < 1.29 is 4.39 Å². The molecule has 0 radical (unpaired) electrons. The molecule has 3 aromatic carbocycles. The van der Waals surface area contributed by atoms with Crippen LogP contribution in [0.5, 0.6) is 0 Å². The minimum absolute atomic E-state index is 0.255. The molecule has 0 aliphatic heterocycles. The quantitative estimate of drug-likeness (QED) is 0.639. The molecule has 22 heavy (non-hydrogen) atoms. The Hall–Kier alpha value is -1.47. The van der Waals surface area contributed by atoms with Gasteiger partial charge in [-0.1, -0.05) is 78.0 Å². The van der Waals surface area contributed by atoms with Crippen molar-refractivity contribution in [3.05, 3.63) is 89.7 Å². The van der Waals surface area contributed by atoms with Crippen LogP contribution in [0, 0.1) is 5.82 Å². The van der Waals surface area contributed by atoms with Gasteiger partial charge in [0.15, 0.2) is 0 Å². The van der Waals surface area contributed by atoms with E-state index >= 15 is 0 Å². The molecule has 0 saturated heterocycles. The summed E-state index contributed by atoms with van der Waals surface area (Å²) in [5, 5.41) is 3.78. The lowest BCUT2D eigenvalue weighted by atomic mass is 10.3. The van der Waals surface area contributed by atoms with Gasteiger partial charge in [-0.3, -0.25) is 0 Å². The van der Waals surface area contributed by atoms with Gasteiger partial charge in [0.05, 0.1) is 0 Å². The largest absolute Gasteiger partial charge is 0.207 e. The lowest BCUT2D eigenvalue weighted by Gasteiger charge is -2.24. The Morgan fingerprint density at radius 1 is 0.682 bits per heavy atom. The van der Waals surface area contributed by atoms with Gasteiger partial charge in [0.1, 0.15) is 5.82 Å². The van der Waals surface area contributed by atoms with Crippen molar-refractivity contribution in [2.45, 2.75) is 0 Å². The number of hydrogen-bond donors (Lipinski definition) is 0. The summed E-state index contributed by atoms with van der Waals surface area (Å²) in [6.07, 6.45) is 0. The second-order valence-corrected chi connectivity index (χ2v) is 9.74. The van der Waals surface area contributed by atoms with Crippen LogP contribution in [0.25, 0.3) is 0 Å². The Balaban J connectivity index is 2.25. The van der Waals surface area contributed by atoms with E-state index in [1.54, 1.807) is 12.1 Å². The van der Waals surface area contributed by atoms with E-state index in [0.29, 0.717) is 5.02 Å². The zero-order valence-corrected chi connectivity index (χ0v) is 14.1. The van der Waals surface area contributed by atoms with Crippen molar-refractivity contribution in [3.8, 4) is 0 Å². The predicted molar refractivity (Wildman–Crippen MR) is 97.5 cm³/mol. The zero-order chi connectivity index (χ0) is 15.6. The average Bonchev–Trinajstić information content (AvgIpc) is 2.56. The molecule has 0 spiro atoms. The molecular weight excluding hydrogens is 334 g/mol. The van der Waals surface area contributed by atoms with E-state index in [-0.39, 0.29) is 5.82 Å². The number of rotatable bonds is 3. The average molecular weight is 347 g/mol. The smallest absolute Gasteiger partial charge is 0.123 e. The van der Waals surface area contributed by atoms with Gasteiger partial charge in [-0.25, -0.2) is 4.39 Å². The van der Waals surface area contributed by atoms with E-state index in [0.717, 1.165) is 15.9 Å². The molecule has 4 heteroatoms. The molecule has 1 unspecified atom stereocenters. The minimum Gasteiger partial charge on any atom is -0.207 e. The van der Waals surface area contributed by atoms with Gasteiger partial charge in [0, 0.05) is 11.1 Å². The molecule has 0 aromatic heterocycles. The fourth-order valence-electron chi connectivity index (χ4n) is 2.39. The van der Waals surface area contributed by atoms with E-state index in [4.69, 9.17) is 23.4 Å². The Morgan fingerprint density at radius 2 is 1.14 bits per heavy atom. The third-order valence-electron chi connectivity index (χ3n) is 3.50. The highest BCUT2D eigenvalue weighted by atomic mass is 35.5. The first-order chi connectivity index (χ1) is 10.6. The van der Waals surface area contributed by atoms with Gasteiger partial charge in [-0.2, -0.15) is 0 Å². The summed E-state index contributed by atoms with van der Waals surface area (Å²) in [6, 6.07) is 22.0. The second-order valence-electron chi connectivity index (χ2n) is 4.90. The molecule has 3 aromatic rings. The summed E-state index contributed by atoms with van der Waals surface area (Å²) < 4.78 is 13.3. The van der Waals surface area contributed by atoms with Gasteiger partial charge in [-0.15, -0.1) is 0 Å². The highest BCUT2D eigenvalue weighted by molar-refractivity contribution is 8.25. The van der Waals surface area contributed by atoms with Crippen molar-refractivity contribution in [1.29, 1.82) is 0 Å². The molecule has 0 aliphatic rings. The minimum atomic E-state index is -2.21. The summed E-state index contributed by atoms with van der Waals surface area (Å²) in [7, 11) is 0. The SMILES string of the molecule is Fc1ccc(P(=S)(c2ccccc2)c2ccc(Cl)cc2)cc1. The first kappa shape index (κ1) is 15.4. The molecule has 110 valence electrons. The summed E-state index contributed by atoms with van der Waals surface area (Å²) >= 11 is 12.1. The van der Waals surface area contributed by atoms with Crippen LogP contribution in [0.3, 0.4) is 0 Å². The lowest BCUT2D eigenvalue weighted by Crippen LogP contribution is -2.24. The molecule has 0 heterocycles. The topological polar surface area (TPSA) is 0 Å². The van der Waals surface area contributed by atoms with Gasteiger partial charge < -0.3 is 0 Å². The Morgan fingerprint density at radius 3 is 1.68 bits per heavy atom. The van der Waals surface area contributed by atoms with Crippen molar-refractivity contribution >= 4 is 45.4 Å². The maximum absolute atomic E-state index is 13.3. The van der Waals surface area contributed by atoms with Crippen LogP contribution >= 0.6 is 17.6 Å². The maximum atomic E-state index is 13.3. The summed E-state index contributed by atoms with van der Waals surface area (Å²) in [6.45, 7) is 0. The monoisotopic (exact) mass is 346 g/mol. The lowest BCUT2D eigenvalue weighted by molar-refractivity contribution is 0.628. The van der Waals surface area contributed by atoms with Gasteiger partial charge in [0.25, 0.3) is 0 Å². The molecule has 0 amide bonds. The summed E-state index contributed by atoms with van der Waals surface area (Å²) in [5.74, 6) is -0.255. The molecule has 0 aliphatic carbocycles. The van der Waals surface area contributed by atoms with E-state index in [1.165, 1.54) is 12.1 Å². The third kappa shape index (κ3) is 2.87. The van der Waals surface area contributed by atoms with Crippen LogP contribution in [-0.4, -0.2) is 0 Å². The fraction of sp³-hybridized carbons (Fsp3) is 0. The molecular formula is C18H13ClFPS. The van der Waals surface area contributed by atoms with Crippen LogP contribution in [0.15, 0.2) is 78.9 Å². The Bertz CT molecular complexity index is 764. The van der Waals surface area contributed by atoms with Crippen molar-refractivity contribution in [2.75, 3.05) is 0 Å². The molecule has 0 N–H and O–H groups in total. The number of hydrogen-bond acceptors (Lipinski definition) is 1. The van der Waals surface area contributed by atoms with Gasteiger partial charge >= 0.3 is 0 Å². The highest BCUT2D eigenvalue weighted by Gasteiger charge is 2.24. The van der Waals surface area contributed by atoms with Crippen LogP contribution < -0.4 is 15.9 Å². The fourth-order valence-corrected chi connectivity index (χ4v) is 6.23. The maximum Gasteiger partial charge on any atom is 0.123 e. The van der Waals surface area contributed by atoms with Crippen LogP contribution in [0.4, 0.5) is 4.39 Å². The van der Waals surface area contributed by atoms with Crippen LogP contribution in [-0.2, 0) is 11.8 Å². The Labute approximate surface area is 139 Å². The first-order valence-electron chi connectivity index (χ1n) is 6.78. The normalized spacial score (nSPS) is 13.5. The summed E-state index contributed by atoms with van der Waals surface area (Å²) in [4.78, 5) is 0. The molecule has 1 atom stereocenters. The standard InChI is InChI=1S/C18H13ClFPS/c19-14-6-10-17(11-7-14)21(22,16-4-2-1-3-5-16)18-12-8-15(20)9-13-18/h1-13H. The van der Waals surface area contributed by atoms with E-state index in [1.807, 2.05) is 54.6 Å². The van der Waals surface area contributed by atoms with Crippen molar-refractivity contribution in [3.63, 3.8) is 0 Å². The molecule has 0 nitrogen and oxygen atoms in total. The number of halogens is 2. The van der Waals surface area contributed by atoms with Gasteiger partial charge in [-0.05, 0) is 40.2 Å². The first-order valence-corrected chi connectivity index (χ1v) is 9.96. The molecule has 0 saturated carbocycles. The predicted octanol–water partition coefficient (Wildman–Crippen LogP) is 4.23. The van der Waals surface area contributed by atoms with E-state index in [2.05, 4.69) is 0 Å². The number of benzene rings is 3. The van der Waals surface area contributed by atoms with Crippen LogP contribution in [0.2, 0.25) is 5.02 Å².